The second-order valence-corrected chi connectivity index (χ2v) is 4.99. The SMILES string of the molecule is Cl.N[C@H](c1cccc(C(F)(F)F)c1F)[C@@H](O)Cc1ccccc1. The quantitative estimate of drug-likeness (QED) is 0.823. The average Bonchev–Trinajstić information content (AvgIpc) is 2.46. The van der Waals surface area contributed by atoms with Crippen molar-refractivity contribution in [3.05, 3.63) is 71.0 Å². The first kappa shape index (κ1) is 19.4. The number of alkyl halides is 3. The fourth-order valence-corrected chi connectivity index (χ4v) is 2.22. The predicted molar refractivity (Wildman–Crippen MR) is 81.7 cm³/mol. The van der Waals surface area contributed by atoms with Crippen molar-refractivity contribution in [1.82, 2.24) is 0 Å². The van der Waals surface area contributed by atoms with E-state index >= 15 is 0 Å². The average molecular weight is 350 g/mol. The molecule has 0 saturated heterocycles. The predicted octanol–water partition coefficient (Wildman–Crippen LogP) is 3.87. The van der Waals surface area contributed by atoms with Crippen LogP contribution in [0.25, 0.3) is 0 Å². The van der Waals surface area contributed by atoms with Crippen molar-refractivity contribution in [2.24, 2.45) is 5.73 Å². The molecule has 0 heterocycles. The number of rotatable bonds is 4. The summed E-state index contributed by atoms with van der Waals surface area (Å²) in [5, 5.41) is 10.1. The van der Waals surface area contributed by atoms with E-state index in [1.807, 2.05) is 0 Å². The molecule has 2 aromatic rings. The number of nitrogens with two attached hydrogens (primary N) is 1. The highest BCUT2D eigenvalue weighted by atomic mass is 35.5. The number of aliphatic hydroxyl groups is 1. The first-order valence-electron chi connectivity index (χ1n) is 6.64. The maximum absolute atomic E-state index is 14.0. The van der Waals surface area contributed by atoms with Gasteiger partial charge in [-0.3, -0.25) is 0 Å². The number of aliphatic hydroxyl groups excluding tert-OH is 1. The highest BCUT2D eigenvalue weighted by Gasteiger charge is 2.36. The van der Waals surface area contributed by atoms with Crippen molar-refractivity contribution >= 4 is 12.4 Å². The van der Waals surface area contributed by atoms with Gasteiger partial charge in [0.25, 0.3) is 0 Å². The van der Waals surface area contributed by atoms with E-state index in [0.29, 0.717) is 6.07 Å². The molecule has 2 nitrogen and oxygen atoms in total. The van der Waals surface area contributed by atoms with Gasteiger partial charge in [-0.05, 0) is 11.6 Å². The third-order valence-electron chi connectivity index (χ3n) is 3.40. The molecule has 0 unspecified atom stereocenters. The molecule has 0 radical (unpaired) electrons. The van der Waals surface area contributed by atoms with Crippen molar-refractivity contribution in [3.8, 4) is 0 Å². The van der Waals surface area contributed by atoms with Gasteiger partial charge < -0.3 is 10.8 Å². The summed E-state index contributed by atoms with van der Waals surface area (Å²) in [5.41, 5.74) is 4.77. The molecule has 126 valence electrons. The van der Waals surface area contributed by atoms with Crippen LogP contribution >= 0.6 is 12.4 Å². The van der Waals surface area contributed by atoms with Crippen LogP contribution in [0.15, 0.2) is 48.5 Å². The highest BCUT2D eigenvalue weighted by Crippen LogP contribution is 2.34. The topological polar surface area (TPSA) is 46.2 Å². The molecule has 0 amide bonds. The van der Waals surface area contributed by atoms with Gasteiger partial charge in [0.05, 0.1) is 17.7 Å². The van der Waals surface area contributed by atoms with E-state index in [0.717, 1.165) is 17.7 Å². The maximum Gasteiger partial charge on any atom is 0.419 e. The van der Waals surface area contributed by atoms with Crippen LogP contribution in [0.1, 0.15) is 22.7 Å². The lowest BCUT2D eigenvalue weighted by Crippen LogP contribution is -2.29. The van der Waals surface area contributed by atoms with E-state index in [9.17, 15) is 22.7 Å². The Morgan fingerprint density at radius 1 is 1.00 bits per heavy atom. The largest absolute Gasteiger partial charge is 0.419 e. The molecule has 7 heteroatoms. The van der Waals surface area contributed by atoms with Gasteiger partial charge in [-0.15, -0.1) is 12.4 Å². The van der Waals surface area contributed by atoms with E-state index in [1.165, 1.54) is 0 Å². The van der Waals surface area contributed by atoms with Crippen LogP contribution in [0.4, 0.5) is 17.6 Å². The molecule has 0 aliphatic carbocycles. The molecule has 2 rings (SSSR count). The Kier molecular flexibility index (Phi) is 6.56. The second-order valence-electron chi connectivity index (χ2n) is 4.99. The zero-order chi connectivity index (χ0) is 16.3. The zero-order valence-electron chi connectivity index (χ0n) is 11.9. The van der Waals surface area contributed by atoms with Gasteiger partial charge in [-0.1, -0.05) is 42.5 Å². The van der Waals surface area contributed by atoms with Crippen LogP contribution in [0, 0.1) is 5.82 Å². The van der Waals surface area contributed by atoms with Crippen molar-refractivity contribution in [1.29, 1.82) is 0 Å². The monoisotopic (exact) mass is 349 g/mol. The minimum absolute atomic E-state index is 0. The molecule has 23 heavy (non-hydrogen) atoms. The number of hydrogen-bond donors (Lipinski definition) is 2. The summed E-state index contributed by atoms with van der Waals surface area (Å²) < 4.78 is 52.1. The van der Waals surface area contributed by atoms with Gasteiger partial charge >= 0.3 is 6.18 Å². The molecule has 0 saturated carbocycles. The van der Waals surface area contributed by atoms with Gasteiger partial charge in [0.15, 0.2) is 0 Å². The fourth-order valence-electron chi connectivity index (χ4n) is 2.22. The Balaban J connectivity index is 0.00000264. The number of hydrogen-bond acceptors (Lipinski definition) is 2. The van der Waals surface area contributed by atoms with Gasteiger partial charge in [0.2, 0.25) is 0 Å². The molecule has 0 aromatic heterocycles. The Labute approximate surface area is 137 Å². The first-order valence-corrected chi connectivity index (χ1v) is 6.64. The Morgan fingerprint density at radius 2 is 1.61 bits per heavy atom. The van der Waals surface area contributed by atoms with E-state index < -0.39 is 29.7 Å². The molecular formula is C16H16ClF4NO. The lowest BCUT2D eigenvalue weighted by Gasteiger charge is -2.21. The van der Waals surface area contributed by atoms with E-state index in [1.54, 1.807) is 30.3 Å². The van der Waals surface area contributed by atoms with Crippen molar-refractivity contribution in [2.75, 3.05) is 0 Å². The van der Waals surface area contributed by atoms with Gasteiger partial charge in [-0.2, -0.15) is 13.2 Å². The van der Waals surface area contributed by atoms with Gasteiger partial charge in [-0.25, -0.2) is 4.39 Å². The van der Waals surface area contributed by atoms with Crippen LogP contribution in [-0.4, -0.2) is 11.2 Å². The normalized spacial score (nSPS) is 14.0. The second kappa shape index (κ2) is 7.77. The number of benzene rings is 2. The summed E-state index contributed by atoms with van der Waals surface area (Å²) in [4.78, 5) is 0. The minimum Gasteiger partial charge on any atom is -0.391 e. The van der Waals surface area contributed by atoms with Crippen molar-refractivity contribution in [2.45, 2.75) is 24.7 Å². The molecule has 0 bridgehead atoms. The van der Waals surface area contributed by atoms with Crippen molar-refractivity contribution < 1.29 is 22.7 Å². The summed E-state index contributed by atoms with van der Waals surface area (Å²) in [7, 11) is 0. The molecule has 2 aromatic carbocycles. The molecule has 0 aliphatic rings. The lowest BCUT2D eigenvalue weighted by atomic mass is 9.95. The Morgan fingerprint density at radius 3 is 2.17 bits per heavy atom. The van der Waals surface area contributed by atoms with E-state index in [-0.39, 0.29) is 24.4 Å². The lowest BCUT2D eigenvalue weighted by molar-refractivity contribution is -0.140. The van der Waals surface area contributed by atoms with Crippen LogP contribution in [0.3, 0.4) is 0 Å². The van der Waals surface area contributed by atoms with Crippen molar-refractivity contribution in [3.63, 3.8) is 0 Å². The smallest absolute Gasteiger partial charge is 0.391 e. The van der Waals surface area contributed by atoms with Crippen LogP contribution in [-0.2, 0) is 12.6 Å². The van der Waals surface area contributed by atoms with Gasteiger partial charge in [0.1, 0.15) is 5.82 Å². The third-order valence-corrected chi connectivity index (χ3v) is 3.40. The highest BCUT2D eigenvalue weighted by molar-refractivity contribution is 5.85. The standard InChI is InChI=1S/C16H15F4NO.ClH/c17-14-11(7-4-8-12(14)16(18,19)20)15(21)13(22)9-10-5-2-1-3-6-10;/h1-8,13,15,22H,9,21H2;1H/t13-,15+;/m0./s1. The summed E-state index contributed by atoms with van der Waals surface area (Å²) in [6.45, 7) is 0. The van der Waals surface area contributed by atoms with E-state index in [2.05, 4.69) is 0 Å². The summed E-state index contributed by atoms with van der Waals surface area (Å²) >= 11 is 0. The molecule has 0 fully saturated rings. The van der Waals surface area contributed by atoms with Gasteiger partial charge in [0, 0.05) is 12.0 Å². The molecular weight excluding hydrogens is 334 g/mol. The van der Waals surface area contributed by atoms with Crippen LogP contribution in [0.5, 0.6) is 0 Å². The summed E-state index contributed by atoms with van der Waals surface area (Å²) in [6.07, 6.45) is -5.87. The maximum atomic E-state index is 14.0. The third kappa shape index (κ3) is 4.67. The molecule has 0 spiro atoms. The molecule has 3 N–H and O–H groups in total. The van der Waals surface area contributed by atoms with Crippen LogP contribution in [0.2, 0.25) is 0 Å². The first-order chi connectivity index (χ1) is 10.3. The van der Waals surface area contributed by atoms with E-state index in [4.69, 9.17) is 5.73 Å². The van der Waals surface area contributed by atoms with Crippen LogP contribution < -0.4 is 5.73 Å². The Bertz CT molecular complexity index is 634. The molecule has 2 atom stereocenters. The fraction of sp³-hybridized carbons (Fsp3) is 0.250. The Hall–Kier alpha value is -1.63. The zero-order valence-corrected chi connectivity index (χ0v) is 12.7. The summed E-state index contributed by atoms with van der Waals surface area (Å²) in [6, 6.07) is 10.5. The minimum atomic E-state index is -4.80. The summed E-state index contributed by atoms with van der Waals surface area (Å²) in [5.74, 6) is -1.44. The number of halogens is 5. The molecule has 0 aliphatic heterocycles.